The van der Waals surface area contributed by atoms with Gasteiger partial charge >= 0.3 is 0 Å². The van der Waals surface area contributed by atoms with Gasteiger partial charge in [-0.25, -0.2) is 0 Å². The first kappa shape index (κ1) is 19.7. The Kier molecular flexibility index (Phi) is 4.21. The van der Waals surface area contributed by atoms with Crippen molar-refractivity contribution in [3.63, 3.8) is 0 Å². The fourth-order valence-electron chi connectivity index (χ4n) is 7.05. The van der Waals surface area contributed by atoms with Crippen molar-refractivity contribution >= 4 is 11.6 Å². The lowest BCUT2D eigenvalue weighted by Gasteiger charge is -2.59. The summed E-state index contributed by atoms with van der Waals surface area (Å²) in [6.45, 7) is 2.65. The van der Waals surface area contributed by atoms with Gasteiger partial charge in [0.1, 0.15) is 12.2 Å². The van der Waals surface area contributed by atoms with Gasteiger partial charge in [0.15, 0.2) is 11.5 Å². The van der Waals surface area contributed by atoms with Crippen molar-refractivity contribution in [3.05, 3.63) is 23.2 Å². The molecule has 0 radical (unpaired) electrons. The highest BCUT2D eigenvalue weighted by Gasteiger charge is 2.69. The van der Waals surface area contributed by atoms with Crippen LogP contribution in [0.2, 0.25) is 0 Å². The number of aliphatic hydroxyl groups is 4. The number of carbonyl (C=O) groups excluding carboxylic acids is 2. The summed E-state index contributed by atoms with van der Waals surface area (Å²) in [6, 6.07) is 0. The Bertz CT molecular complexity index is 818. The lowest BCUT2D eigenvalue weighted by Crippen LogP contribution is -2.63. The third-order valence-corrected chi connectivity index (χ3v) is 8.50. The minimum Gasteiger partial charge on any atom is -0.505 e. The average molecular weight is 394 g/mol. The first-order valence-electron chi connectivity index (χ1n) is 9.91. The van der Waals surface area contributed by atoms with Gasteiger partial charge in [-0.2, -0.15) is 4.39 Å². The fraction of sp³-hybridized carbons (Fsp3) is 0.714. The van der Waals surface area contributed by atoms with Crippen molar-refractivity contribution in [2.75, 3.05) is 6.61 Å². The van der Waals surface area contributed by atoms with Gasteiger partial charge < -0.3 is 20.4 Å². The van der Waals surface area contributed by atoms with Crippen LogP contribution in [0.3, 0.4) is 0 Å². The van der Waals surface area contributed by atoms with Gasteiger partial charge in [-0.1, -0.05) is 12.5 Å². The molecule has 7 heteroatoms. The van der Waals surface area contributed by atoms with Crippen molar-refractivity contribution in [1.82, 2.24) is 0 Å². The molecule has 0 aliphatic heterocycles. The number of Topliss-reactive ketones (excluding diaryl/α,β-unsaturated/α-hetero) is 2. The first-order valence-corrected chi connectivity index (χ1v) is 9.91. The molecular weight excluding hydrogens is 367 g/mol. The minimum atomic E-state index is -1.71. The van der Waals surface area contributed by atoms with Crippen LogP contribution in [0.1, 0.15) is 46.0 Å². The van der Waals surface area contributed by atoms with Gasteiger partial charge in [-0.3, -0.25) is 9.59 Å². The number of hydrogen-bond donors (Lipinski definition) is 4. The molecule has 0 aromatic carbocycles. The molecular formula is C21H27FO6. The molecule has 3 fully saturated rings. The van der Waals surface area contributed by atoms with Gasteiger partial charge in [-0.05, 0) is 56.9 Å². The summed E-state index contributed by atoms with van der Waals surface area (Å²) in [7, 11) is 0. The molecule has 28 heavy (non-hydrogen) atoms. The summed E-state index contributed by atoms with van der Waals surface area (Å²) < 4.78 is 14.3. The molecule has 3 saturated carbocycles. The second-order valence-electron chi connectivity index (χ2n) is 9.40. The number of rotatable bonds is 2. The largest absolute Gasteiger partial charge is 0.505 e. The summed E-state index contributed by atoms with van der Waals surface area (Å²) in [4.78, 5) is 25.2. The SMILES string of the molecule is C[C@]12C(=O)C(F)=C(O)C=C1CC[C@@H]1[C@@H]2[C@@H](O)C[C@@]2(C)[C@H]1CC[C@]2(O)C(=O)CO. The van der Waals surface area contributed by atoms with Crippen LogP contribution in [0.25, 0.3) is 0 Å². The van der Waals surface area contributed by atoms with Crippen molar-refractivity contribution in [2.24, 2.45) is 28.6 Å². The first-order chi connectivity index (χ1) is 13.0. The Labute approximate surface area is 162 Å². The van der Waals surface area contributed by atoms with Gasteiger partial charge in [0.2, 0.25) is 11.6 Å². The van der Waals surface area contributed by atoms with E-state index in [0.717, 1.165) is 0 Å². The zero-order chi connectivity index (χ0) is 20.6. The Hall–Kier alpha value is -1.57. The zero-order valence-corrected chi connectivity index (χ0v) is 16.1. The molecule has 0 saturated heterocycles. The predicted molar refractivity (Wildman–Crippen MR) is 96.7 cm³/mol. The van der Waals surface area contributed by atoms with E-state index in [2.05, 4.69) is 0 Å². The topological polar surface area (TPSA) is 115 Å². The molecule has 0 aromatic heterocycles. The molecule has 154 valence electrons. The van der Waals surface area contributed by atoms with E-state index >= 15 is 0 Å². The number of ketones is 2. The van der Waals surface area contributed by atoms with Crippen molar-refractivity contribution in [3.8, 4) is 0 Å². The normalized spacial score (nSPS) is 47.9. The molecule has 0 unspecified atom stereocenters. The highest BCUT2D eigenvalue weighted by atomic mass is 19.1. The van der Waals surface area contributed by atoms with E-state index in [1.54, 1.807) is 13.8 Å². The highest BCUT2D eigenvalue weighted by Crippen LogP contribution is 2.67. The van der Waals surface area contributed by atoms with Gasteiger partial charge in [0.25, 0.3) is 0 Å². The molecule has 0 heterocycles. The van der Waals surface area contributed by atoms with Crippen LogP contribution in [-0.4, -0.2) is 50.3 Å². The van der Waals surface area contributed by atoms with E-state index in [9.17, 15) is 34.4 Å². The molecule has 0 spiro atoms. The average Bonchev–Trinajstić information content (AvgIpc) is 2.92. The van der Waals surface area contributed by atoms with E-state index in [-0.39, 0.29) is 24.7 Å². The highest BCUT2D eigenvalue weighted by molar-refractivity contribution is 6.02. The van der Waals surface area contributed by atoms with Crippen molar-refractivity contribution in [2.45, 2.75) is 57.7 Å². The molecule has 4 aliphatic carbocycles. The maximum Gasteiger partial charge on any atom is 0.208 e. The van der Waals surface area contributed by atoms with Crippen LogP contribution < -0.4 is 0 Å². The van der Waals surface area contributed by atoms with E-state index in [1.165, 1.54) is 6.08 Å². The predicted octanol–water partition coefficient (Wildman–Crippen LogP) is 1.74. The van der Waals surface area contributed by atoms with Crippen LogP contribution in [0.15, 0.2) is 23.2 Å². The van der Waals surface area contributed by atoms with Gasteiger partial charge in [0.05, 0.1) is 11.5 Å². The Morgan fingerprint density at radius 3 is 2.64 bits per heavy atom. The van der Waals surface area contributed by atoms with Crippen LogP contribution in [0.5, 0.6) is 0 Å². The van der Waals surface area contributed by atoms with E-state index in [0.29, 0.717) is 24.8 Å². The monoisotopic (exact) mass is 394 g/mol. The van der Waals surface area contributed by atoms with Crippen LogP contribution in [0.4, 0.5) is 4.39 Å². The van der Waals surface area contributed by atoms with Gasteiger partial charge in [0, 0.05) is 11.3 Å². The number of allylic oxidation sites excluding steroid dienone is 3. The smallest absolute Gasteiger partial charge is 0.208 e. The van der Waals surface area contributed by atoms with E-state index < -0.39 is 58.2 Å². The van der Waals surface area contributed by atoms with Gasteiger partial charge in [-0.15, -0.1) is 0 Å². The summed E-state index contributed by atoms with van der Waals surface area (Å²) in [6.07, 6.45) is 2.22. The van der Waals surface area contributed by atoms with Crippen LogP contribution in [-0.2, 0) is 9.59 Å². The van der Waals surface area contributed by atoms with Crippen molar-refractivity contribution in [1.29, 1.82) is 0 Å². The molecule has 4 aliphatic rings. The number of carbonyl (C=O) groups is 2. The Balaban J connectivity index is 1.78. The summed E-state index contributed by atoms with van der Waals surface area (Å²) in [5.74, 6) is -4.13. The maximum absolute atomic E-state index is 14.3. The number of halogens is 1. The molecule has 7 atom stereocenters. The van der Waals surface area contributed by atoms with Crippen molar-refractivity contribution < 1.29 is 34.4 Å². The lowest BCUT2D eigenvalue weighted by atomic mass is 9.45. The summed E-state index contributed by atoms with van der Waals surface area (Å²) in [5.41, 5.74) is -3.25. The van der Waals surface area contributed by atoms with E-state index in [4.69, 9.17) is 0 Å². The van der Waals surface area contributed by atoms with Crippen LogP contribution >= 0.6 is 0 Å². The quantitative estimate of drug-likeness (QED) is 0.567. The number of hydrogen-bond acceptors (Lipinski definition) is 6. The third-order valence-electron chi connectivity index (χ3n) is 8.50. The summed E-state index contributed by atoms with van der Waals surface area (Å²) >= 11 is 0. The minimum absolute atomic E-state index is 0.0918. The number of fused-ring (bicyclic) bond motifs is 5. The summed E-state index contributed by atoms with van der Waals surface area (Å²) in [5, 5.41) is 41.4. The molecule has 4 rings (SSSR count). The fourth-order valence-corrected chi connectivity index (χ4v) is 7.05. The molecule has 0 bridgehead atoms. The second kappa shape index (κ2) is 5.97. The van der Waals surface area contributed by atoms with Crippen LogP contribution in [0, 0.1) is 28.6 Å². The second-order valence-corrected chi connectivity index (χ2v) is 9.40. The Morgan fingerprint density at radius 1 is 1.32 bits per heavy atom. The molecule has 0 aromatic rings. The molecule has 4 N–H and O–H groups in total. The lowest BCUT2D eigenvalue weighted by molar-refractivity contribution is -0.183. The zero-order valence-electron chi connectivity index (χ0n) is 16.1. The third kappa shape index (κ3) is 2.13. The Morgan fingerprint density at radius 2 is 2.00 bits per heavy atom. The standard InChI is InChI=1S/C21H27FO6/c1-19-8-14(25)16-11(12(19)5-6-21(19,28)15(26)9-23)4-3-10-7-13(24)17(22)18(27)20(10,16)2/h7,11-12,14,16,23-25,28H,3-6,8-9H2,1-2H3/t11-,12-,14-,16+,19-,20-,21-/m0/s1. The number of aliphatic hydroxyl groups excluding tert-OH is 3. The molecule has 0 amide bonds. The maximum atomic E-state index is 14.3. The molecule has 6 nitrogen and oxygen atoms in total. The van der Waals surface area contributed by atoms with E-state index in [1.807, 2.05) is 0 Å².